The monoisotopic (exact) mass is 448 g/mol. The molecule has 1 aliphatic rings. The van der Waals surface area contributed by atoms with E-state index < -0.39 is 0 Å². The third-order valence-corrected chi connectivity index (χ3v) is 6.19. The third-order valence-electron chi connectivity index (χ3n) is 6.19. The van der Waals surface area contributed by atoms with Gasteiger partial charge in [-0.25, -0.2) is 9.07 Å². The van der Waals surface area contributed by atoms with Crippen molar-refractivity contribution in [2.45, 2.75) is 33.1 Å². The van der Waals surface area contributed by atoms with Crippen LogP contribution in [0.4, 0.5) is 4.39 Å². The molecule has 33 heavy (non-hydrogen) atoms. The summed E-state index contributed by atoms with van der Waals surface area (Å²) >= 11 is 0. The Balaban J connectivity index is 1.34. The van der Waals surface area contributed by atoms with Crippen molar-refractivity contribution in [2.75, 3.05) is 26.2 Å². The molecular formula is C26H29FN4O2. The van der Waals surface area contributed by atoms with Gasteiger partial charge in [-0.05, 0) is 56.5 Å². The molecule has 0 atom stereocenters. The number of carbonyl (C=O) groups is 2. The largest absolute Gasteiger partial charge is 0.339 e. The number of aromatic nitrogens is 2. The minimum absolute atomic E-state index is 0.0745. The molecular weight excluding hydrogens is 419 g/mol. The number of aryl methyl sites for hydroxylation is 2. The highest BCUT2D eigenvalue weighted by atomic mass is 19.1. The molecule has 0 saturated carbocycles. The Bertz CT molecular complexity index is 1120. The summed E-state index contributed by atoms with van der Waals surface area (Å²) in [5, 5.41) is 4.51. The Morgan fingerprint density at radius 1 is 0.909 bits per heavy atom. The van der Waals surface area contributed by atoms with E-state index in [9.17, 15) is 14.0 Å². The van der Waals surface area contributed by atoms with Gasteiger partial charge >= 0.3 is 0 Å². The van der Waals surface area contributed by atoms with E-state index in [1.807, 2.05) is 36.9 Å². The maximum Gasteiger partial charge on any atom is 0.257 e. The molecule has 0 unspecified atom stereocenters. The van der Waals surface area contributed by atoms with E-state index in [0.717, 1.165) is 18.5 Å². The lowest BCUT2D eigenvalue weighted by Gasteiger charge is -2.35. The molecule has 1 aromatic heterocycles. The molecule has 7 heteroatoms. The number of benzene rings is 2. The maximum absolute atomic E-state index is 13.3. The number of rotatable bonds is 6. The van der Waals surface area contributed by atoms with Crippen LogP contribution < -0.4 is 0 Å². The van der Waals surface area contributed by atoms with Gasteiger partial charge in [-0.1, -0.05) is 30.3 Å². The molecule has 0 radical (unpaired) electrons. The van der Waals surface area contributed by atoms with E-state index in [-0.39, 0.29) is 17.6 Å². The van der Waals surface area contributed by atoms with Gasteiger partial charge in [-0.3, -0.25) is 9.59 Å². The predicted octanol–water partition coefficient (Wildman–Crippen LogP) is 3.94. The van der Waals surface area contributed by atoms with E-state index in [4.69, 9.17) is 0 Å². The first-order valence-electron chi connectivity index (χ1n) is 11.4. The first-order chi connectivity index (χ1) is 15.9. The van der Waals surface area contributed by atoms with E-state index in [0.29, 0.717) is 49.5 Å². The molecule has 0 aliphatic carbocycles. The van der Waals surface area contributed by atoms with Crippen LogP contribution in [0.15, 0.2) is 54.6 Å². The normalized spacial score (nSPS) is 13.9. The molecule has 0 bridgehead atoms. The van der Waals surface area contributed by atoms with Gasteiger partial charge in [-0.2, -0.15) is 5.10 Å². The smallest absolute Gasteiger partial charge is 0.257 e. The van der Waals surface area contributed by atoms with E-state index >= 15 is 0 Å². The molecule has 0 spiro atoms. The van der Waals surface area contributed by atoms with Gasteiger partial charge in [0.2, 0.25) is 5.91 Å². The molecule has 3 aromatic rings. The van der Waals surface area contributed by atoms with Gasteiger partial charge in [0, 0.05) is 32.6 Å². The SMILES string of the molecule is Cc1nn(-c2ccc(F)cc2)c(C)c1C(=O)N1CCN(C(=O)CCCc2ccccc2)CC1. The van der Waals surface area contributed by atoms with Crippen LogP contribution >= 0.6 is 0 Å². The van der Waals surface area contributed by atoms with Crippen LogP contribution in [-0.2, 0) is 11.2 Å². The highest BCUT2D eigenvalue weighted by Crippen LogP contribution is 2.21. The Kier molecular flexibility index (Phi) is 6.87. The summed E-state index contributed by atoms with van der Waals surface area (Å²) in [7, 11) is 0. The van der Waals surface area contributed by atoms with E-state index in [1.165, 1.54) is 17.7 Å². The molecule has 1 fully saturated rings. The summed E-state index contributed by atoms with van der Waals surface area (Å²) in [6.07, 6.45) is 2.23. The second-order valence-electron chi connectivity index (χ2n) is 8.45. The van der Waals surface area contributed by atoms with Gasteiger partial charge in [0.15, 0.2) is 0 Å². The highest BCUT2D eigenvalue weighted by Gasteiger charge is 2.28. The van der Waals surface area contributed by atoms with Crippen LogP contribution in [0.3, 0.4) is 0 Å². The Labute approximate surface area is 193 Å². The lowest BCUT2D eigenvalue weighted by atomic mass is 10.1. The fourth-order valence-corrected chi connectivity index (χ4v) is 4.35. The van der Waals surface area contributed by atoms with Crippen LogP contribution in [0.1, 0.15) is 40.2 Å². The number of nitrogens with zero attached hydrogens (tertiary/aromatic N) is 4. The minimum atomic E-state index is -0.316. The molecule has 1 aliphatic heterocycles. The van der Waals surface area contributed by atoms with Crippen molar-refractivity contribution in [2.24, 2.45) is 0 Å². The zero-order valence-electron chi connectivity index (χ0n) is 19.1. The standard InChI is InChI=1S/C26H29FN4O2/c1-19-25(20(2)31(28-19)23-13-11-22(27)12-14-23)26(33)30-17-15-29(16-18-30)24(32)10-6-9-21-7-4-3-5-8-21/h3-5,7-8,11-14H,6,9-10,15-18H2,1-2H3. The number of halogens is 1. The number of amides is 2. The van der Waals surface area contributed by atoms with Crippen LogP contribution in [0, 0.1) is 19.7 Å². The maximum atomic E-state index is 13.3. The summed E-state index contributed by atoms with van der Waals surface area (Å²) in [4.78, 5) is 29.5. The number of hydrogen-bond acceptors (Lipinski definition) is 3. The number of piperazine rings is 1. The lowest BCUT2D eigenvalue weighted by molar-refractivity contribution is -0.132. The van der Waals surface area contributed by atoms with Gasteiger partial charge in [0.25, 0.3) is 5.91 Å². The van der Waals surface area contributed by atoms with Crippen molar-refractivity contribution < 1.29 is 14.0 Å². The van der Waals surface area contributed by atoms with Crippen molar-refractivity contribution in [1.29, 1.82) is 0 Å². The zero-order valence-corrected chi connectivity index (χ0v) is 19.1. The molecule has 172 valence electrons. The summed E-state index contributed by atoms with van der Waals surface area (Å²) in [6.45, 7) is 5.75. The fourth-order valence-electron chi connectivity index (χ4n) is 4.35. The first kappa shape index (κ1) is 22.7. The molecule has 2 heterocycles. The fraction of sp³-hybridized carbons (Fsp3) is 0.346. The van der Waals surface area contributed by atoms with E-state index in [2.05, 4.69) is 17.2 Å². The molecule has 2 aromatic carbocycles. The van der Waals surface area contributed by atoms with Crippen LogP contribution in [-0.4, -0.2) is 57.6 Å². The Hall–Kier alpha value is -3.48. The number of hydrogen-bond donors (Lipinski definition) is 0. The molecule has 1 saturated heterocycles. The van der Waals surface area contributed by atoms with Crippen molar-refractivity contribution in [1.82, 2.24) is 19.6 Å². The topological polar surface area (TPSA) is 58.4 Å². The molecule has 2 amide bonds. The zero-order chi connectivity index (χ0) is 23.4. The Morgan fingerprint density at radius 2 is 1.55 bits per heavy atom. The van der Waals surface area contributed by atoms with Crippen molar-refractivity contribution in [3.8, 4) is 5.69 Å². The van der Waals surface area contributed by atoms with Gasteiger partial charge in [-0.15, -0.1) is 0 Å². The second-order valence-corrected chi connectivity index (χ2v) is 8.45. The summed E-state index contributed by atoms with van der Waals surface area (Å²) < 4.78 is 15.0. The number of carbonyl (C=O) groups excluding carboxylic acids is 2. The molecule has 4 rings (SSSR count). The quantitative estimate of drug-likeness (QED) is 0.574. The summed E-state index contributed by atoms with van der Waals surface area (Å²) in [5.41, 5.74) is 3.89. The van der Waals surface area contributed by atoms with Gasteiger partial charge in [0.05, 0.1) is 22.6 Å². The van der Waals surface area contributed by atoms with Crippen LogP contribution in [0.2, 0.25) is 0 Å². The molecule has 6 nitrogen and oxygen atoms in total. The average molecular weight is 449 g/mol. The summed E-state index contributed by atoms with van der Waals surface area (Å²) in [6, 6.07) is 16.2. The highest BCUT2D eigenvalue weighted by molar-refractivity contribution is 5.96. The average Bonchev–Trinajstić information content (AvgIpc) is 3.13. The van der Waals surface area contributed by atoms with Gasteiger partial charge in [0.1, 0.15) is 5.82 Å². The lowest BCUT2D eigenvalue weighted by Crippen LogP contribution is -2.50. The van der Waals surface area contributed by atoms with Crippen LogP contribution in [0.25, 0.3) is 5.69 Å². The van der Waals surface area contributed by atoms with E-state index in [1.54, 1.807) is 21.7 Å². The van der Waals surface area contributed by atoms with Crippen LogP contribution in [0.5, 0.6) is 0 Å². The predicted molar refractivity (Wildman–Crippen MR) is 125 cm³/mol. The van der Waals surface area contributed by atoms with Crippen molar-refractivity contribution in [3.63, 3.8) is 0 Å². The van der Waals surface area contributed by atoms with Gasteiger partial charge < -0.3 is 9.80 Å². The molecule has 0 N–H and O–H groups in total. The third kappa shape index (κ3) is 5.13. The minimum Gasteiger partial charge on any atom is -0.339 e. The second kappa shape index (κ2) is 9.98. The first-order valence-corrected chi connectivity index (χ1v) is 11.4. The Morgan fingerprint density at radius 3 is 2.21 bits per heavy atom. The summed E-state index contributed by atoms with van der Waals surface area (Å²) in [5.74, 6) is -0.242. The van der Waals surface area contributed by atoms with Crippen molar-refractivity contribution >= 4 is 11.8 Å². The van der Waals surface area contributed by atoms with Crippen molar-refractivity contribution in [3.05, 3.63) is 82.9 Å².